The van der Waals surface area contributed by atoms with Crippen LogP contribution < -0.4 is 0 Å². The van der Waals surface area contributed by atoms with Gasteiger partial charge in [0.2, 0.25) is 0 Å². The molecule has 0 saturated carbocycles. The van der Waals surface area contributed by atoms with E-state index in [2.05, 4.69) is 73.4 Å². The Kier molecular flexibility index (Phi) is 19.0. The highest BCUT2D eigenvalue weighted by molar-refractivity contribution is 5.86. The fourth-order valence-corrected chi connectivity index (χ4v) is 4.44. The standard InChI is InChI=1S/C29H52N4O4.C4H6O/c1-7-10-27(12-14-33-21-17-31(6)18-22-33)36-24-29(9-3,25-37-28(34)8-2)23-35-26(4)11-13-32-19-15-30(5)16-20-32;1-3-4(2)5/h8,10H,2,4,7,9,11-25H2,1,3,5-6H3;3H,1H2,2H3. The Bertz CT molecular complexity index is 861. The second kappa shape index (κ2) is 21.3. The molecule has 42 heavy (non-hydrogen) atoms. The molecule has 0 spiro atoms. The highest BCUT2D eigenvalue weighted by Crippen LogP contribution is 2.27. The van der Waals surface area contributed by atoms with Crippen molar-refractivity contribution in [1.29, 1.82) is 0 Å². The molecular weight excluding hydrogens is 532 g/mol. The molecule has 0 aromatic heterocycles. The minimum Gasteiger partial charge on any atom is -0.498 e. The maximum Gasteiger partial charge on any atom is 0.330 e. The Morgan fingerprint density at radius 3 is 1.69 bits per heavy atom. The number of hydrogen-bond donors (Lipinski definition) is 0. The number of ether oxygens (including phenoxy) is 3. The van der Waals surface area contributed by atoms with Crippen LogP contribution in [0.25, 0.3) is 0 Å². The summed E-state index contributed by atoms with van der Waals surface area (Å²) < 4.78 is 18.1. The monoisotopic (exact) mass is 590 g/mol. The van der Waals surface area contributed by atoms with Crippen molar-refractivity contribution >= 4 is 11.8 Å². The average molecular weight is 591 g/mol. The average Bonchev–Trinajstić information content (AvgIpc) is 3.00. The lowest BCUT2D eigenvalue weighted by molar-refractivity contribution is -0.144. The SMILES string of the molecule is C=CC(=O)OCC(CC)(COC(=C)CCN1CCN(C)CC1)COC(=CCC)CCN1CCN(C)CC1.C=CC(C)=O. The summed E-state index contributed by atoms with van der Waals surface area (Å²) in [5.74, 6) is 1.37. The zero-order valence-electron chi connectivity index (χ0n) is 27.2. The molecule has 9 nitrogen and oxygen atoms in total. The number of carbonyl (C=O) groups excluding carboxylic acids is 2. The van der Waals surface area contributed by atoms with Gasteiger partial charge in [-0.1, -0.05) is 33.6 Å². The zero-order chi connectivity index (χ0) is 31.4. The summed E-state index contributed by atoms with van der Waals surface area (Å²) in [7, 11) is 4.34. The first-order valence-electron chi connectivity index (χ1n) is 15.4. The van der Waals surface area contributed by atoms with Crippen molar-refractivity contribution in [3.05, 3.63) is 49.5 Å². The van der Waals surface area contributed by atoms with Crippen LogP contribution in [0, 0.1) is 5.41 Å². The second-order valence-electron chi connectivity index (χ2n) is 11.5. The Morgan fingerprint density at radius 1 is 0.762 bits per heavy atom. The van der Waals surface area contributed by atoms with Crippen LogP contribution in [0.2, 0.25) is 0 Å². The summed E-state index contributed by atoms with van der Waals surface area (Å²) in [6.45, 7) is 28.3. The molecule has 0 aromatic carbocycles. The van der Waals surface area contributed by atoms with Crippen molar-refractivity contribution in [3.8, 4) is 0 Å². The number of ketones is 1. The summed E-state index contributed by atoms with van der Waals surface area (Å²) >= 11 is 0. The van der Waals surface area contributed by atoms with Gasteiger partial charge in [0.15, 0.2) is 5.78 Å². The molecule has 2 rings (SSSR count). The van der Waals surface area contributed by atoms with E-state index in [4.69, 9.17) is 14.2 Å². The maximum atomic E-state index is 11.9. The molecule has 0 radical (unpaired) electrons. The molecule has 2 aliphatic rings. The number of carbonyl (C=O) groups is 2. The molecule has 9 heteroatoms. The first-order valence-corrected chi connectivity index (χ1v) is 15.4. The molecule has 2 aliphatic heterocycles. The van der Waals surface area contributed by atoms with Gasteiger partial charge in [0.1, 0.15) is 6.61 Å². The van der Waals surface area contributed by atoms with Crippen LogP contribution >= 0.6 is 0 Å². The van der Waals surface area contributed by atoms with Gasteiger partial charge in [-0.2, -0.15) is 0 Å². The van der Waals surface area contributed by atoms with E-state index in [1.807, 2.05) is 0 Å². The van der Waals surface area contributed by atoms with E-state index >= 15 is 0 Å². The van der Waals surface area contributed by atoms with Gasteiger partial charge in [-0.25, -0.2) is 4.79 Å². The zero-order valence-corrected chi connectivity index (χ0v) is 27.2. The third-order valence-corrected chi connectivity index (χ3v) is 7.88. The molecule has 0 bridgehead atoms. The van der Waals surface area contributed by atoms with Crippen molar-refractivity contribution in [2.24, 2.45) is 5.41 Å². The molecule has 1 atom stereocenters. The van der Waals surface area contributed by atoms with Gasteiger partial charge in [-0.3, -0.25) is 4.79 Å². The lowest BCUT2D eigenvalue weighted by Crippen LogP contribution is -2.44. The molecule has 0 N–H and O–H groups in total. The van der Waals surface area contributed by atoms with Crippen molar-refractivity contribution in [3.63, 3.8) is 0 Å². The summed E-state index contributed by atoms with van der Waals surface area (Å²) in [5.41, 5.74) is -0.462. The van der Waals surface area contributed by atoms with Crippen LogP contribution in [0.1, 0.15) is 46.5 Å². The van der Waals surface area contributed by atoms with Gasteiger partial charge in [-0.05, 0) is 46.0 Å². The smallest absolute Gasteiger partial charge is 0.330 e. The summed E-state index contributed by atoms with van der Waals surface area (Å²) in [4.78, 5) is 31.3. The van der Waals surface area contributed by atoms with Crippen LogP contribution in [-0.2, 0) is 23.8 Å². The first kappa shape index (κ1) is 37.6. The quantitative estimate of drug-likeness (QED) is 0.134. The molecule has 0 aromatic rings. The molecule has 2 fully saturated rings. The van der Waals surface area contributed by atoms with Crippen molar-refractivity contribution in [2.45, 2.75) is 46.5 Å². The number of allylic oxidation sites excluding steroid dienone is 2. The van der Waals surface area contributed by atoms with Gasteiger partial charge in [0, 0.05) is 84.4 Å². The number of likely N-dealkylation sites (N-methyl/N-ethyl adjacent to an activating group) is 2. The van der Waals surface area contributed by atoms with E-state index in [9.17, 15) is 9.59 Å². The predicted octanol–water partition coefficient (Wildman–Crippen LogP) is 3.99. The largest absolute Gasteiger partial charge is 0.498 e. The molecule has 0 amide bonds. The van der Waals surface area contributed by atoms with Gasteiger partial charge in [0.05, 0.1) is 30.1 Å². The predicted molar refractivity (Wildman–Crippen MR) is 171 cm³/mol. The molecule has 240 valence electrons. The minimum atomic E-state index is -0.462. The number of hydrogen-bond acceptors (Lipinski definition) is 9. The number of rotatable bonds is 18. The number of nitrogens with zero attached hydrogens (tertiary/aromatic N) is 4. The van der Waals surface area contributed by atoms with E-state index in [0.29, 0.717) is 13.2 Å². The van der Waals surface area contributed by atoms with Gasteiger partial charge >= 0.3 is 5.97 Å². The summed E-state index contributed by atoms with van der Waals surface area (Å²) in [5, 5.41) is 0. The number of esters is 1. The van der Waals surface area contributed by atoms with Crippen molar-refractivity contribution in [2.75, 3.05) is 99.4 Å². The Balaban J connectivity index is 0.00000162. The second-order valence-corrected chi connectivity index (χ2v) is 11.5. The van der Waals surface area contributed by atoms with Crippen molar-refractivity contribution in [1.82, 2.24) is 19.6 Å². The highest BCUT2D eigenvalue weighted by Gasteiger charge is 2.33. The van der Waals surface area contributed by atoms with Gasteiger partial charge in [-0.15, -0.1) is 0 Å². The topological polar surface area (TPSA) is 74.8 Å². The van der Waals surface area contributed by atoms with Crippen LogP contribution in [0.5, 0.6) is 0 Å². The van der Waals surface area contributed by atoms with Crippen molar-refractivity contribution < 1.29 is 23.8 Å². The molecule has 2 heterocycles. The van der Waals surface area contributed by atoms with E-state index in [1.165, 1.54) is 19.1 Å². The first-order chi connectivity index (χ1) is 20.1. The Hall–Kier alpha value is -2.46. The fraction of sp³-hybridized carbons (Fsp3) is 0.697. The fourth-order valence-electron chi connectivity index (χ4n) is 4.44. The minimum absolute atomic E-state index is 0.0185. The summed E-state index contributed by atoms with van der Waals surface area (Å²) in [6.07, 6.45) is 7.99. The third-order valence-electron chi connectivity index (χ3n) is 7.88. The third kappa shape index (κ3) is 16.2. The molecule has 0 aliphatic carbocycles. The lowest BCUT2D eigenvalue weighted by Gasteiger charge is -2.34. The molecule has 1 unspecified atom stereocenters. The summed E-state index contributed by atoms with van der Waals surface area (Å²) in [6, 6.07) is 0. The molecular formula is C33H58N4O5. The van der Waals surface area contributed by atoms with Crippen LogP contribution in [0.4, 0.5) is 0 Å². The Labute approximate surface area is 255 Å². The van der Waals surface area contributed by atoms with Crippen LogP contribution in [0.15, 0.2) is 49.5 Å². The van der Waals surface area contributed by atoms with Crippen LogP contribution in [0.3, 0.4) is 0 Å². The number of piperazine rings is 2. The van der Waals surface area contributed by atoms with Crippen LogP contribution in [-0.4, -0.2) is 131 Å². The Morgan fingerprint density at radius 2 is 1.24 bits per heavy atom. The maximum absolute atomic E-state index is 11.9. The highest BCUT2D eigenvalue weighted by atomic mass is 16.5. The van der Waals surface area contributed by atoms with E-state index in [-0.39, 0.29) is 12.4 Å². The van der Waals surface area contributed by atoms with Gasteiger partial charge < -0.3 is 33.8 Å². The van der Waals surface area contributed by atoms with E-state index in [1.54, 1.807) is 0 Å². The van der Waals surface area contributed by atoms with Gasteiger partial charge in [0.25, 0.3) is 0 Å². The van der Waals surface area contributed by atoms with E-state index in [0.717, 1.165) is 103 Å². The molecule has 2 saturated heterocycles. The normalized spacial score (nSPS) is 18.6. The lowest BCUT2D eigenvalue weighted by atomic mass is 9.88. The van der Waals surface area contributed by atoms with E-state index < -0.39 is 11.4 Å².